The monoisotopic (exact) mass is 439 g/mol. The molecule has 3 N–H and O–H groups in total. The Morgan fingerprint density at radius 3 is 2.28 bits per heavy atom. The molecule has 2 atom stereocenters. The highest BCUT2D eigenvalue weighted by atomic mass is 19.1. The maximum Gasteiger partial charge on any atom is 0.305 e. The van der Waals surface area contributed by atoms with Gasteiger partial charge in [-0.05, 0) is 49.1 Å². The third-order valence-electron chi connectivity index (χ3n) is 5.21. The molecule has 0 bridgehead atoms. The van der Waals surface area contributed by atoms with Crippen LogP contribution in [-0.4, -0.2) is 38.1 Å². The number of aromatic nitrogens is 1. The molecule has 0 spiro atoms. The van der Waals surface area contributed by atoms with Crippen molar-refractivity contribution in [1.82, 2.24) is 4.57 Å². The fraction of sp³-hybridized carbons (Fsp3) is 0.280. The molecule has 6 nitrogen and oxygen atoms in total. The van der Waals surface area contributed by atoms with Crippen LogP contribution < -0.4 is 5.56 Å². The number of nitrogens with zero attached hydrogens (tertiary/aromatic N) is 1. The lowest BCUT2D eigenvalue weighted by Crippen LogP contribution is -2.25. The van der Waals surface area contributed by atoms with Crippen molar-refractivity contribution in [3.05, 3.63) is 76.5 Å². The fourth-order valence-electron chi connectivity index (χ4n) is 3.83. The van der Waals surface area contributed by atoms with Crippen LogP contribution in [0.2, 0.25) is 0 Å². The number of benzene rings is 2. The smallest absolute Gasteiger partial charge is 0.305 e. The molecule has 0 amide bonds. The van der Waals surface area contributed by atoms with Crippen LogP contribution in [0.5, 0.6) is 0 Å². The van der Waals surface area contributed by atoms with Gasteiger partial charge in [0.25, 0.3) is 5.56 Å². The first kappa shape index (κ1) is 23.4. The highest BCUT2D eigenvalue weighted by Gasteiger charge is 2.19. The van der Waals surface area contributed by atoms with Crippen molar-refractivity contribution in [2.45, 2.75) is 44.9 Å². The maximum atomic E-state index is 13.6. The van der Waals surface area contributed by atoms with Gasteiger partial charge in [0.15, 0.2) is 0 Å². The predicted octanol–water partition coefficient (Wildman–Crippen LogP) is 3.99. The van der Waals surface area contributed by atoms with E-state index in [2.05, 4.69) is 0 Å². The summed E-state index contributed by atoms with van der Waals surface area (Å²) in [6.07, 6.45) is 0.0813. The topological polar surface area (TPSA) is 99.8 Å². The molecule has 0 saturated carbocycles. The number of halogens is 1. The quantitative estimate of drug-likeness (QED) is 0.493. The number of aliphatic carboxylic acids is 1. The third-order valence-corrected chi connectivity index (χ3v) is 5.21. The van der Waals surface area contributed by atoms with E-state index in [0.29, 0.717) is 27.6 Å². The number of pyridine rings is 1. The second-order valence-corrected chi connectivity index (χ2v) is 8.00. The van der Waals surface area contributed by atoms with E-state index >= 15 is 0 Å². The zero-order valence-corrected chi connectivity index (χ0v) is 17.9. The number of rotatable bonds is 8. The van der Waals surface area contributed by atoms with Crippen molar-refractivity contribution in [2.75, 3.05) is 0 Å². The minimum atomic E-state index is -1.20. The number of hydrogen-bond donors (Lipinski definition) is 3. The number of carboxylic acids is 1. The Bertz CT molecular complexity index is 1200. The van der Waals surface area contributed by atoms with Gasteiger partial charge in [0.05, 0.1) is 24.3 Å². The molecule has 168 valence electrons. The lowest BCUT2D eigenvalue weighted by molar-refractivity contribution is -0.139. The average Bonchev–Trinajstić information content (AvgIpc) is 2.72. The summed E-state index contributed by atoms with van der Waals surface area (Å²) in [7, 11) is 0. The van der Waals surface area contributed by atoms with Gasteiger partial charge in [0, 0.05) is 23.4 Å². The Morgan fingerprint density at radius 1 is 1.06 bits per heavy atom. The Labute approximate surface area is 184 Å². The van der Waals surface area contributed by atoms with Crippen LogP contribution in [0.1, 0.15) is 38.4 Å². The summed E-state index contributed by atoms with van der Waals surface area (Å²) in [5.41, 5.74) is 1.75. The van der Waals surface area contributed by atoms with Crippen LogP contribution in [0.4, 0.5) is 4.39 Å². The molecule has 0 unspecified atom stereocenters. The zero-order valence-electron chi connectivity index (χ0n) is 17.9. The van der Waals surface area contributed by atoms with E-state index < -0.39 is 24.6 Å². The van der Waals surface area contributed by atoms with Crippen LogP contribution in [0.15, 0.2) is 59.4 Å². The number of hydrogen-bond acceptors (Lipinski definition) is 4. The molecule has 2 aromatic carbocycles. The van der Waals surface area contributed by atoms with Crippen LogP contribution in [0.3, 0.4) is 0 Å². The Hall–Kier alpha value is -3.29. The molecule has 32 heavy (non-hydrogen) atoms. The largest absolute Gasteiger partial charge is 0.481 e. The molecule has 0 aliphatic carbocycles. The van der Waals surface area contributed by atoms with Gasteiger partial charge in [-0.25, -0.2) is 4.39 Å². The van der Waals surface area contributed by atoms with Gasteiger partial charge >= 0.3 is 5.97 Å². The van der Waals surface area contributed by atoms with Gasteiger partial charge in [-0.1, -0.05) is 36.4 Å². The fourth-order valence-corrected chi connectivity index (χ4v) is 3.83. The second-order valence-electron chi connectivity index (χ2n) is 8.00. The number of aliphatic hydroxyl groups excluding tert-OH is 2. The van der Waals surface area contributed by atoms with Gasteiger partial charge in [0.1, 0.15) is 5.82 Å². The summed E-state index contributed by atoms with van der Waals surface area (Å²) in [6.45, 7) is 3.74. The van der Waals surface area contributed by atoms with E-state index in [0.717, 1.165) is 0 Å². The Balaban J connectivity index is 2.20. The summed E-state index contributed by atoms with van der Waals surface area (Å²) in [6, 6.07) is 12.9. The molecule has 3 aromatic rings. The lowest BCUT2D eigenvalue weighted by atomic mass is 9.95. The third kappa shape index (κ3) is 5.12. The van der Waals surface area contributed by atoms with Crippen molar-refractivity contribution >= 4 is 22.8 Å². The molecule has 0 aliphatic rings. The number of fused-ring (bicyclic) bond motifs is 1. The van der Waals surface area contributed by atoms with Gasteiger partial charge < -0.3 is 19.9 Å². The number of aliphatic hydroxyl groups is 2. The SMILES string of the molecule is CC(C)n1c(C=C[C@@H](O)C[C@@H](O)CC(=O)O)c(-c2ccc(F)cc2)c2ccccc2c1=O. The summed E-state index contributed by atoms with van der Waals surface area (Å²) >= 11 is 0. The van der Waals surface area contributed by atoms with E-state index in [1.165, 1.54) is 18.2 Å². The summed E-state index contributed by atoms with van der Waals surface area (Å²) < 4.78 is 15.2. The molecule has 0 aliphatic heterocycles. The van der Waals surface area contributed by atoms with Crippen LogP contribution in [0, 0.1) is 5.82 Å². The van der Waals surface area contributed by atoms with Crippen LogP contribution in [0.25, 0.3) is 28.0 Å². The first-order valence-electron chi connectivity index (χ1n) is 10.4. The molecule has 7 heteroatoms. The predicted molar refractivity (Wildman–Crippen MR) is 122 cm³/mol. The minimum Gasteiger partial charge on any atom is -0.481 e. The Morgan fingerprint density at radius 2 is 1.69 bits per heavy atom. The van der Waals surface area contributed by atoms with Crippen LogP contribution >= 0.6 is 0 Å². The van der Waals surface area contributed by atoms with Gasteiger partial charge in [-0.15, -0.1) is 0 Å². The second kappa shape index (κ2) is 9.89. The van der Waals surface area contributed by atoms with Crippen molar-refractivity contribution in [3.63, 3.8) is 0 Å². The molecule has 0 radical (unpaired) electrons. The van der Waals surface area contributed by atoms with E-state index in [4.69, 9.17) is 5.11 Å². The van der Waals surface area contributed by atoms with Crippen molar-refractivity contribution in [3.8, 4) is 11.1 Å². The first-order valence-corrected chi connectivity index (χ1v) is 10.4. The number of carbonyl (C=O) groups is 1. The summed E-state index contributed by atoms with van der Waals surface area (Å²) in [5.74, 6) is -1.54. The molecule has 1 heterocycles. The van der Waals surface area contributed by atoms with E-state index in [-0.39, 0.29) is 23.8 Å². The molecular weight excluding hydrogens is 413 g/mol. The van der Waals surface area contributed by atoms with Crippen molar-refractivity contribution < 1.29 is 24.5 Å². The number of carboxylic acid groups (broad SMARTS) is 1. The average molecular weight is 439 g/mol. The van der Waals surface area contributed by atoms with Crippen molar-refractivity contribution in [1.29, 1.82) is 0 Å². The van der Waals surface area contributed by atoms with E-state index in [1.54, 1.807) is 34.9 Å². The molecule has 1 aromatic heterocycles. The Kier molecular flexibility index (Phi) is 7.22. The molecule has 0 saturated heterocycles. The lowest BCUT2D eigenvalue weighted by Gasteiger charge is -2.21. The zero-order chi connectivity index (χ0) is 23.4. The first-order chi connectivity index (χ1) is 15.2. The standard InChI is InChI=1S/C25H26FNO5/c1-15(2)27-22(12-11-18(28)13-19(29)14-23(30)31)24(16-7-9-17(26)10-8-16)20-5-3-4-6-21(20)25(27)32/h3-12,15,18-19,28-29H,13-14H2,1-2H3,(H,30,31)/t18-,19-/m1/s1. The highest BCUT2D eigenvalue weighted by Crippen LogP contribution is 2.33. The molecular formula is C25H26FNO5. The van der Waals surface area contributed by atoms with Gasteiger partial charge in [-0.2, -0.15) is 0 Å². The highest BCUT2D eigenvalue weighted by molar-refractivity contribution is 5.99. The summed E-state index contributed by atoms with van der Waals surface area (Å²) in [5, 5.41) is 30.1. The molecule has 3 rings (SSSR count). The van der Waals surface area contributed by atoms with Crippen molar-refractivity contribution in [2.24, 2.45) is 0 Å². The van der Waals surface area contributed by atoms with Gasteiger partial charge in [0.2, 0.25) is 0 Å². The normalized spacial score (nSPS) is 13.7. The van der Waals surface area contributed by atoms with E-state index in [9.17, 15) is 24.2 Å². The summed E-state index contributed by atoms with van der Waals surface area (Å²) in [4.78, 5) is 24.0. The minimum absolute atomic E-state index is 0.159. The van der Waals surface area contributed by atoms with Crippen LogP contribution in [-0.2, 0) is 4.79 Å². The maximum absolute atomic E-state index is 13.6. The van der Waals surface area contributed by atoms with Gasteiger partial charge in [-0.3, -0.25) is 9.59 Å². The van der Waals surface area contributed by atoms with E-state index in [1.807, 2.05) is 26.0 Å². The molecule has 0 fully saturated rings.